The number of aromatic amines is 1. The molecule has 1 aliphatic rings. The van der Waals surface area contributed by atoms with Crippen LogP contribution < -0.4 is 20.5 Å². The van der Waals surface area contributed by atoms with Gasteiger partial charge in [0.1, 0.15) is 28.3 Å². The third kappa shape index (κ3) is 3.35. The Morgan fingerprint density at radius 3 is 3.21 bits per heavy atom. The lowest BCUT2D eigenvalue weighted by Crippen LogP contribution is -2.10. The number of nitrogens with one attached hydrogen (secondary N) is 2. The van der Waals surface area contributed by atoms with E-state index in [-0.39, 0.29) is 11.1 Å². The highest BCUT2D eigenvalue weighted by molar-refractivity contribution is 6.32. The first-order chi connectivity index (χ1) is 11.6. The number of rotatable bonds is 5. The average molecular weight is 349 g/mol. The molecular weight excluding hydrogens is 332 g/mol. The van der Waals surface area contributed by atoms with Crippen molar-refractivity contribution in [2.75, 3.05) is 12.0 Å². The SMILES string of the molecule is CCOc1cc2c(cc1/C=N\Nc1cn[nH]c(=O)c1Cl)O[C@H](C)C2. The van der Waals surface area contributed by atoms with Crippen molar-refractivity contribution in [3.05, 3.63) is 44.8 Å². The molecule has 0 fully saturated rings. The molecule has 7 nitrogen and oxygen atoms in total. The molecule has 0 amide bonds. The molecule has 8 heteroatoms. The zero-order valence-corrected chi connectivity index (χ0v) is 14.1. The maximum atomic E-state index is 11.4. The molecule has 24 heavy (non-hydrogen) atoms. The monoisotopic (exact) mass is 348 g/mol. The first-order valence-electron chi connectivity index (χ1n) is 7.57. The molecule has 0 spiro atoms. The van der Waals surface area contributed by atoms with E-state index in [1.165, 1.54) is 6.20 Å². The van der Waals surface area contributed by atoms with Gasteiger partial charge >= 0.3 is 0 Å². The van der Waals surface area contributed by atoms with E-state index in [4.69, 9.17) is 21.1 Å². The van der Waals surface area contributed by atoms with Crippen molar-refractivity contribution < 1.29 is 9.47 Å². The fourth-order valence-electron chi connectivity index (χ4n) is 2.47. The Kier molecular flexibility index (Phi) is 4.71. The number of fused-ring (bicyclic) bond motifs is 1. The van der Waals surface area contributed by atoms with Gasteiger partial charge in [-0.1, -0.05) is 11.6 Å². The summed E-state index contributed by atoms with van der Waals surface area (Å²) in [5.41, 5.74) is 4.44. The molecule has 1 aromatic carbocycles. The van der Waals surface area contributed by atoms with Gasteiger partial charge in [-0.2, -0.15) is 10.2 Å². The lowest BCUT2D eigenvalue weighted by atomic mass is 10.1. The van der Waals surface area contributed by atoms with Crippen molar-refractivity contribution in [1.82, 2.24) is 10.2 Å². The lowest BCUT2D eigenvalue weighted by Gasteiger charge is -2.09. The number of nitrogens with zero attached hydrogens (tertiary/aromatic N) is 2. The van der Waals surface area contributed by atoms with Crippen molar-refractivity contribution >= 4 is 23.5 Å². The number of halogens is 1. The van der Waals surface area contributed by atoms with Crippen LogP contribution in [0.1, 0.15) is 25.0 Å². The van der Waals surface area contributed by atoms with Gasteiger partial charge in [-0.05, 0) is 26.0 Å². The van der Waals surface area contributed by atoms with Gasteiger partial charge in [0.2, 0.25) is 0 Å². The Hall–Kier alpha value is -2.54. The second kappa shape index (κ2) is 6.92. The van der Waals surface area contributed by atoms with Crippen LogP contribution in [-0.2, 0) is 6.42 Å². The highest BCUT2D eigenvalue weighted by Gasteiger charge is 2.21. The van der Waals surface area contributed by atoms with Gasteiger partial charge in [0.25, 0.3) is 5.56 Å². The molecule has 3 rings (SSSR count). The molecular formula is C16H17ClN4O3. The molecule has 2 aromatic rings. The normalized spacial score (nSPS) is 16.0. The fraction of sp³-hybridized carbons (Fsp3) is 0.312. The number of anilines is 1. The van der Waals surface area contributed by atoms with Crippen molar-refractivity contribution in [2.45, 2.75) is 26.4 Å². The molecule has 0 unspecified atom stereocenters. The van der Waals surface area contributed by atoms with Gasteiger partial charge < -0.3 is 9.47 Å². The summed E-state index contributed by atoms with van der Waals surface area (Å²) in [6, 6.07) is 3.87. The second-order valence-corrected chi connectivity index (χ2v) is 5.74. The molecule has 2 N–H and O–H groups in total. The summed E-state index contributed by atoms with van der Waals surface area (Å²) in [6.07, 6.45) is 3.99. The lowest BCUT2D eigenvalue weighted by molar-refractivity contribution is 0.254. The van der Waals surface area contributed by atoms with Crippen molar-refractivity contribution in [2.24, 2.45) is 5.10 Å². The van der Waals surface area contributed by atoms with Crippen LogP contribution in [-0.4, -0.2) is 29.1 Å². The van der Waals surface area contributed by atoms with Crippen molar-refractivity contribution in [1.29, 1.82) is 0 Å². The van der Waals surface area contributed by atoms with E-state index in [2.05, 4.69) is 20.7 Å². The van der Waals surface area contributed by atoms with Crippen molar-refractivity contribution in [3.8, 4) is 11.5 Å². The molecule has 126 valence electrons. The van der Waals surface area contributed by atoms with Gasteiger partial charge in [-0.15, -0.1) is 0 Å². The summed E-state index contributed by atoms with van der Waals surface area (Å²) in [4.78, 5) is 11.4. The highest BCUT2D eigenvalue weighted by atomic mass is 35.5. The molecule has 0 aliphatic carbocycles. The van der Waals surface area contributed by atoms with Gasteiger partial charge in [-0.3, -0.25) is 10.2 Å². The number of hydrazone groups is 1. The van der Waals surface area contributed by atoms with E-state index in [0.29, 0.717) is 12.3 Å². The summed E-state index contributed by atoms with van der Waals surface area (Å²) in [6.45, 7) is 4.50. The Balaban J connectivity index is 1.85. The molecule has 1 aliphatic heterocycles. The third-order valence-corrected chi connectivity index (χ3v) is 3.89. The second-order valence-electron chi connectivity index (χ2n) is 5.36. The maximum Gasteiger partial charge on any atom is 0.285 e. The van der Waals surface area contributed by atoms with Crippen LogP contribution in [0.4, 0.5) is 5.69 Å². The average Bonchev–Trinajstić information content (AvgIpc) is 2.91. The van der Waals surface area contributed by atoms with Crippen LogP contribution in [0.2, 0.25) is 5.02 Å². The minimum absolute atomic E-state index is 0.00158. The van der Waals surface area contributed by atoms with E-state index < -0.39 is 5.56 Å². The summed E-state index contributed by atoms with van der Waals surface area (Å²) >= 11 is 5.88. The number of benzene rings is 1. The largest absolute Gasteiger partial charge is 0.493 e. The van der Waals surface area contributed by atoms with Gasteiger partial charge in [0.05, 0.1) is 19.0 Å². The zero-order chi connectivity index (χ0) is 17.1. The number of hydrogen-bond donors (Lipinski definition) is 2. The van der Waals surface area contributed by atoms with Crippen LogP contribution in [0, 0.1) is 0 Å². The summed E-state index contributed by atoms with van der Waals surface area (Å²) in [5.74, 6) is 1.57. The Labute approximate surface area is 143 Å². The Morgan fingerprint density at radius 2 is 2.42 bits per heavy atom. The Morgan fingerprint density at radius 1 is 1.58 bits per heavy atom. The topological polar surface area (TPSA) is 88.6 Å². The molecule has 2 heterocycles. The minimum atomic E-state index is -0.480. The van der Waals surface area contributed by atoms with Crippen LogP contribution >= 0.6 is 11.6 Å². The quantitative estimate of drug-likeness (QED) is 0.640. The number of hydrogen-bond acceptors (Lipinski definition) is 6. The van der Waals surface area contributed by atoms with E-state index in [1.807, 2.05) is 26.0 Å². The van der Waals surface area contributed by atoms with E-state index >= 15 is 0 Å². The summed E-state index contributed by atoms with van der Waals surface area (Å²) in [7, 11) is 0. The standard InChI is InChI=1S/C16H17ClN4O3/c1-3-23-13-5-10-4-9(2)24-14(10)6-11(13)7-18-20-12-8-19-21-16(22)15(12)17/h5-9H,3-4H2,1-2H3,(H2,20,21,22)/b18-7-/t9-/m1/s1. The molecule has 0 saturated carbocycles. The van der Waals surface area contributed by atoms with Crippen LogP contribution in [0.25, 0.3) is 0 Å². The van der Waals surface area contributed by atoms with Crippen LogP contribution in [0.3, 0.4) is 0 Å². The highest BCUT2D eigenvalue weighted by Crippen LogP contribution is 2.34. The van der Waals surface area contributed by atoms with Gasteiger partial charge in [0, 0.05) is 17.5 Å². The molecule has 0 bridgehead atoms. The first-order valence-corrected chi connectivity index (χ1v) is 7.95. The maximum absolute atomic E-state index is 11.4. The molecule has 1 atom stereocenters. The number of aromatic nitrogens is 2. The van der Waals surface area contributed by atoms with E-state index in [1.54, 1.807) is 6.21 Å². The molecule has 1 aromatic heterocycles. The predicted molar refractivity (Wildman–Crippen MR) is 92.5 cm³/mol. The van der Waals surface area contributed by atoms with Crippen molar-refractivity contribution in [3.63, 3.8) is 0 Å². The number of H-pyrrole nitrogens is 1. The smallest absolute Gasteiger partial charge is 0.285 e. The predicted octanol–water partition coefficient (Wildman–Crippen LogP) is 2.59. The summed E-state index contributed by atoms with van der Waals surface area (Å²) in [5, 5.41) is 10.0. The van der Waals surface area contributed by atoms with Gasteiger partial charge in [0.15, 0.2) is 0 Å². The summed E-state index contributed by atoms with van der Waals surface area (Å²) < 4.78 is 11.4. The third-order valence-electron chi connectivity index (χ3n) is 3.51. The molecule has 0 radical (unpaired) electrons. The minimum Gasteiger partial charge on any atom is -0.493 e. The zero-order valence-electron chi connectivity index (χ0n) is 13.3. The molecule has 0 saturated heterocycles. The Bertz CT molecular complexity index is 835. The van der Waals surface area contributed by atoms with E-state index in [9.17, 15) is 4.79 Å². The fourth-order valence-corrected chi connectivity index (χ4v) is 2.60. The van der Waals surface area contributed by atoms with Crippen LogP contribution in [0.15, 0.2) is 28.2 Å². The van der Waals surface area contributed by atoms with Crippen LogP contribution in [0.5, 0.6) is 11.5 Å². The van der Waals surface area contributed by atoms with E-state index in [0.717, 1.165) is 29.0 Å². The first kappa shape index (κ1) is 16.3. The van der Waals surface area contributed by atoms with Gasteiger partial charge in [-0.25, -0.2) is 5.10 Å². The number of ether oxygens (including phenoxy) is 2.